The molecule has 150 valence electrons. The van der Waals surface area contributed by atoms with Crippen LogP contribution >= 0.6 is 0 Å². The molecule has 27 heavy (non-hydrogen) atoms. The summed E-state index contributed by atoms with van der Waals surface area (Å²) in [6.07, 6.45) is 7.29. The first-order valence-electron chi connectivity index (χ1n) is 10.1. The molecule has 0 radical (unpaired) electrons. The number of nitrogens with zero attached hydrogens (tertiary/aromatic N) is 1. The molecule has 3 rings (SSSR count). The Morgan fingerprint density at radius 2 is 1.81 bits per heavy atom. The van der Waals surface area contributed by atoms with Gasteiger partial charge in [0.2, 0.25) is 15.9 Å². The van der Waals surface area contributed by atoms with Crippen LogP contribution in [0.25, 0.3) is 0 Å². The van der Waals surface area contributed by atoms with Gasteiger partial charge in [-0.2, -0.15) is 4.31 Å². The standard InChI is InChI=1S/C20H31N3O3S/c21-14-19(16-8-3-1-4-9-16)22-20(24)17-10-7-13-23(15-17)27(25,26)18-11-5-2-6-12-18/h2,5-6,11-12,16-17,19H,1,3-4,7-10,13-15,21H2,(H,22,24). The molecule has 1 saturated heterocycles. The van der Waals surface area contributed by atoms with Crippen LogP contribution in [0.1, 0.15) is 44.9 Å². The second kappa shape index (κ2) is 9.17. The molecule has 0 bridgehead atoms. The van der Waals surface area contributed by atoms with Gasteiger partial charge in [-0.05, 0) is 43.7 Å². The highest BCUT2D eigenvalue weighted by Crippen LogP contribution is 2.27. The average Bonchev–Trinajstić information content (AvgIpc) is 2.73. The molecule has 0 spiro atoms. The number of rotatable bonds is 6. The molecule has 2 fully saturated rings. The van der Waals surface area contributed by atoms with Crippen molar-refractivity contribution in [2.45, 2.75) is 55.9 Å². The Morgan fingerprint density at radius 1 is 1.11 bits per heavy atom. The number of nitrogens with two attached hydrogens (primary N) is 1. The van der Waals surface area contributed by atoms with Gasteiger partial charge in [-0.15, -0.1) is 0 Å². The van der Waals surface area contributed by atoms with E-state index in [4.69, 9.17) is 5.73 Å². The molecule has 1 heterocycles. The molecule has 0 aromatic heterocycles. The minimum absolute atomic E-state index is 0.00101. The van der Waals surface area contributed by atoms with Gasteiger partial charge in [0.1, 0.15) is 0 Å². The van der Waals surface area contributed by atoms with Crippen LogP contribution in [0, 0.1) is 11.8 Å². The van der Waals surface area contributed by atoms with E-state index < -0.39 is 10.0 Å². The lowest BCUT2D eigenvalue weighted by molar-refractivity contribution is -0.127. The van der Waals surface area contributed by atoms with E-state index in [1.807, 2.05) is 0 Å². The van der Waals surface area contributed by atoms with Crippen molar-refractivity contribution in [3.63, 3.8) is 0 Å². The lowest BCUT2D eigenvalue weighted by Gasteiger charge is -2.34. The highest BCUT2D eigenvalue weighted by molar-refractivity contribution is 7.89. The minimum atomic E-state index is -3.55. The van der Waals surface area contributed by atoms with Gasteiger partial charge >= 0.3 is 0 Å². The fraction of sp³-hybridized carbons (Fsp3) is 0.650. The molecule has 1 aromatic rings. The van der Waals surface area contributed by atoms with E-state index in [1.165, 1.54) is 23.6 Å². The van der Waals surface area contributed by atoms with Crippen LogP contribution < -0.4 is 11.1 Å². The third-order valence-corrected chi connectivity index (χ3v) is 7.82. The Kier molecular flexibility index (Phi) is 6.89. The predicted octanol–water partition coefficient (Wildman–Crippen LogP) is 2.11. The topological polar surface area (TPSA) is 92.5 Å². The molecular formula is C20H31N3O3S. The van der Waals surface area contributed by atoms with Crippen molar-refractivity contribution >= 4 is 15.9 Å². The van der Waals surface area contributed by atoms with Crippen LogP contribution in [0.4, 0.5) is 0 Å². The Morgan fingerprint density at radius 3 is 2.48 bits per heavy atom. The van der Waals surface area contributed by atoms with Crippen molar-refractivity contribution in [3.8, 4) is 0 Å². The molecule has 1 aliphatic heterocycles. The molecule has 2 aliphatic rings. The zero-order valence-electron chi connectivity index (χ0n) is 15.8. The van der Waals surface area contributed by atoms with Crippen molar-refractivity contribution in [1.29, 1.82) is 0 Å². The molecule has 1 aliphatic carbocycles. The third-order valence-electron chi connectivity index (χ3n) is 5.94. The van der Waals surface area contributed by atoms with Gasteiger partial charge < -0.3 is 11.1 Å². The first-order chi connectivity index (χ1) is 13.0. The van der Waals surface area contributed by atoms with Gasteiger partial charge in [-0.25, -0.2) is 8.42 Å². The van der Waals surface area contributed by atoms with E-state index in [1.54, 1.807) is 30.3 Å². The van der Waals surface area contributed by atoms with Crippen LogP contribution in [0.2, 0.25) is 0 Å². The van der Waals surface area contributed by atoms with Crippen LogP contribution in [0.5, 0.6) is 0 Å². The van der Waals surface area contributed by atoms with Crippen molar-refractivity contribution < 1.29 is 13.2 Å². The number of carbonyl (C=O) groups excluding carboxylic acids is 1. The van der Waals surface area contributed by atoms with Crippen LogP contribution in [-0.2, 0) is 14.8 Å². The highest BCUT2D eigenvalue weighted by Gasteiger charge is 2.34. The maximum atomic E-state index is 12.9. The third kappa shape index (κ3) is 4.89. The number of sulfonamides is 1. The second-order valence-corrected chi connectivity index (χ2v) is 9.70. The van der Waals surface area contributed by atoms with Crippen molar-refractivity contribution in [2.24, 2.45) is 17.6 Å². The van der Waals surface area contributed by atoms with Gasteiger partial charge in [0.15, 0.2) is 0 Å². The summed E-state index contributed by atoms with van der Waals surface area (Å²) < 4.78 is 27.2. The molecule has 1 saturated carbocycles. The zero-order chi connectivity index (χ0) is 19.3. The molecule has 1 aromatic carbocycles. The lowest BCUT2D eigenvalue weighted by Crippen LogP contribution is -2.51. The van der Waals surface area contributed by atoms with Gasteiger partial charge in [0.05, 0.1) is 10.8 Å². The van der Waals surface area contributed by atoms with Crippen molar-refractivity contribution in [1.82, 2.24) is 9.62 Å². The van der Waals surface area contributed by atoms with E-state index in [-0.39, 0.29) is 29.3 Å². The number of benzene rings is 1. The maximum Gasteiger partial charge on any atom is 0.243 e. The van der Waals surface area contributed by atoms with Gasteiger partial charge in [0.25, 0.3) is 0 Å². The molecule has 3 N–H and O–H groups in total. The lowest BCUT2D eigenvalue weighted by atomic mass is 9.83. The summed E-state index contributed by atoms with van der Waals surface area (Å²) in [5.41, 5.74) is 5.93. The van der Waals surface area contributed by atoms with Crippen molar-refractivity contribution in [2.75, 3.05) is 19.6 Å². The van der Waals surface area contributed by atoms with E-state index in [0.717, 1.165) is 12.8 Å². The Labute approximate surface area is 162 Å². The number of hydrogen-bond donors (Lipinski definition) is 2. The largest absolute Gasteiger partial charge is 0.352 e. The summed E-state index contributed by atoms with van der Waals surface area (Å²) in [6.45, 7) is 1.14. The van der Waals surface area contributed by atoms with Gasteiger partial charge in [0, 0.05) is 25.7 Å². The van der Waals surface area contributed by atoms with E-state index in [2.05, 4.69) is 5.32 Å². The first-order valence-corrected chi connectivity index (χ1v) is 11.5. The Hall–Kier alpha value is -1.44. The minimum Gasteiger partial charge on any atom is -0.352 e. The van der Waals surface area contributed by atoms with E-state index in [9.17, 15) is 13.2 Å². The van der Waals surface area contributed by atoms with Crippen LogP contribution in [0.3, 0.4) is 0 Å². The molecule has 1 amide bonds. The average molecular weight is 394 g/mol. The fourth-order valence-electron chi connectivity index (χ4n) is 4.32. The van der Waals surface area contributed by atoms with Gasteiger partial charge in [-0.1, -0.05) is 37.5 Å². The Bertz CT molecular complexity index is 717. The number of piperidine rings is 1. The monoisotopic (exact) mass is 393 g/mol. The Balaban J connectivity index is 1.64. The summed E-state index contributed by atoms with van der Waals surface area (Å²) >= 11 is 0. The molecule has 7 heteroatoms. The normalized spacial score (nSPS) is 23.7. The summed E-state index contributed by atoms with van der Waals surface area (Å²) in [7, 11) is -3.55. The molecule has 6 nitrogen and oxygen atoms in total. The molecule has 2 unspecified atom stereocenters. The quantitative estimate of drug-likeness (QED) is 0.774. The molecular weight excluding hydrogens is 362 g/mol. The van der Waals surface area contributed by atoms with E-state index >= 15 is 0 Å². The number of amides is 1. The summed E-state index contributed by atoms with van der Waals surface area (Å²) in [4.78, 5) is 13.1. The smallest absolute Gasteiger partial charge is 0.243 e. The van der Waals surface area contributed by atoms with Crippen molar-refractivity contribution in [3.05, 3.63) is 30.3 Å². The predicted molar refractivity (Wildman–Crippen MR) is 105 cm³/mol. The second-order valence-electron chi connectivity index (χ2n) is 7.76. The molecule has 2 atom stereocenters. The summed E-state index contributed by atoms with van der Waals surface area (Å²) in [6, 6.07) is 8.44. The van der Waals surface area contributed by atoms with Crippen LogP contribution in [0.15, 0.2) is 35.2 Å². The number of nitrogens with one attached hydrogen (secondary N) is 1. The number of carbonyl (C=O) groups is 1. The summed E-state index contributed by atoms with van der Waals surface area (Å²) in [5.74, 6) is 0.0827. The summed E-state index contributed by atoms with van der Waals surface area (Å²) in [5, 5.41) is 3.13. The SMILES string of the molecule is NCC(NC(=O)C1CCCN(S(=O)(=O)c2ccccc2)C1)C1CCCCC1. The highest BCUT2D eigenvalue weighted by atomic mass is 32.2. The zero-order valence-corrected chi connectivity index (χ0v) is 16.7. The first kappa shape index (κ1) is 20.3. The number of hydrogen-bond acceptors (Lipinski definition) is 4. The van der Waals surface area contributed by atoms with Crippen LogP contribution in [-0.4, -0.2) is 44.3 Å². The van der Waals surface area contributed by atoms with E-state index in [0.29, 0.717) is 31.8 Å². The van der Waals surface area contributed by atoms with Gasteiger partial charge in [-0.3, -0.25) is 4.79 Å². The fourth-order valence-corrected chi connectivity index (χ4v) is 5.87. The maximum absolute atomic E-state index is 12.9.